The van der Waals surface area contributed by atoms with Gasteiger partial charge in [0.25, 0.3) is 0 Å². The summed E-state index contributed by atoms with van der Waals surface area (Å²) in [6, 6.07) is 7.52. The highest BCUT2D eigenvalue weighted by molar-refractivity contribution is 5.30. The minimum absolute atomic E-state index is 0.712. The fraction of sp³-hybridized carbons (Fsp3) is 0.625. The van der Waals surface area contributed by atoms with E-state index >= 15 is 0 Å². The summed E-state index contributed by atoms with van der Waals surface area (Å²) in [7, 11) is 2.06. The molecular formula is C16H26N2. The minimum atomic E-state index is 0.712. The van der Waals surface area contributed by atoms with Gasteiger partial charge in [-0.2, -0.15) is 0 Å². The van der Waals surface area contributed by atoms with Gasteiger partial charge in [-0.15, -0.1) is 0 Å². The molecule has 1 saturated heterocycles. The Kier molecular flexibility index (Phi) is 4.79. The monoisotopic (exact) mass is 246 g/mol. The third kappa shape index (κ3) is 3.33. The smallest absolute Gasteiger partial charge is 0.0239 e. The van der Waals surface area contributed by atoms with Gasteiger partial charge in [-0.1, -0.05) is 30.2 Å². The number of benzene rings is 1. The van der Waals surface area contributed by atoms with Crippen molar-refractivity contribution in [3.8, 4) is 0 Å². The number of aryl methyl sites for hydroxylation is 2. The molecule has 1 heterocycles. The highest BCUT2D eigenvalue weighted by Gasteiger charge is 2.21. The number of nitrogens with one attached hydrogen (secondary N) is 1. The first kappa shape index (κ1) is 13.6. The van der Waals surface area contributed by atoms with Crippen LogP contribution in [-0.4, -0.2) is 31.1 Å². The highest BCUT2D eigenvalue weighted by atomic mass is 15.2. The third-order valence-electron chi connectivity index (χ3n) is 4.07. The molecular weight excluding hydrogens is 220 g/mol. The van der Waals surface area contributed by atoms with Crippen molar-refractivity contribution >= 4 is 0 Å². The molecule has 2 rings (SSSR count). The summed E-state index contributed by atoms with van der Waals surface area (Å²) in [6.07, 6.45) is 4.08. The lowest BCUT2D eigenvalue weighted by Crippen LogP contribution is -2.44. The fourth-order valence-electron chi connectivity index (χ4n) is 2.92. The highest BCUT2D eigenvalue weighted by Crippen LogP contribution is 2.21. The predicted molar refractivity (Wildman–Crippen MR) is 77.9 cm³/mol. The average molecular weight is 246 g/mol. The number of likely N-dealkylation sites (tertiary alicyclic amines) is 1. The van der Waals surface area contributed by atoms with E-state index in [0.717, 1.165) is 13.1 Å². The Bertz CT molecular complexity index is 385. The van der Waals surface area contributed by atoms with E-state index in [0.29, 0.717) is 6.04 Å². The van der Waals surface area contributed by atoms with Crippen LogP contribution in [0.15, 0.2) is 18.2 Å². The molecule has 1 unspecified atom stereocenters. The molecule has 1 N–H and O–H groups in total. The molecule has 1 aromatic carbocycles. The molecule has 1 aromatic rings. The van der Waals surface area contributed by atoms with Crippen molar-refractivity contribution < 1.29 is 0 Å². The molecule has 1 aliphatic rings. The van der Waals surface area contributed by atoms with Gasteiger partial charge in [-0.3, -0.25) is 4.90 Å². The van der Waals surface area contributed by atoms with E-state index in [9.17, 15) is 0 Å². The van der Waals surface area contributed by atoms with E-state index in [4.69, 9.17) is 0 Å². The van der Waals surface area contributed by atoms with E-state index < -0.39 is 0 Å². The van der Waals surface area contributed by atoms with Crippen molar-refractivity contribution in [2.45, 2.75) is 45.7 Å². The van der Waals surface area contributed by atoms with Gasteiger partial charge in [-0.05, 0) is 51.4 Å². The molecule has 1 fully saturated rings. The average Bonchev–Trinajstić information content (AvgIpc) is 2.36. The molecule has 100 valence electrons. The molecule has 0 radical (unpaired) electrons. The fourth-order valence-corrected chi connectivity index (χ4v) is 2.92. The van der Waals surface area contributed by atoms with Crippen LogP contribution in [0.2, 0.25) is 0 Å². The van der Waals surface area contributed by atoms with E-state index in [1.54, 1.807) is 0 Å². The molecule has 2 heteroatoms. The number of nitrogens with zero attached hydrogens (tertiary/aromatic N) is 1. The summed E-state index contributed by atoms with van der Waals surface area (Å²) < 4.78 is 0. The molecule has 18 heavy (non-hydrogen) atoms. The Labute approximate surface area is 111 Å². The van der Waals surface area contributed by atoms with Gasteiger partial charge in [0.15, 0.2) is 0 Å². The summed E-state index contributed by atoms with van der Waals surface area (Å²) in [6.45, 7) is 7.89. The lowest BCUT2D eigenvalue weighted by Gasteiger charge is -2.36. The molecule has 1 atom stereocenters. The Hall–Kier alpha value is -0.860. The Morgan fingerprint density at radius 1 is 1.28 bits per heavy atom. The van der Waals surface area contributed by atoms with Gasteiger partial charge in [0.2, 0.25) is 0 Å². The first-order chi connectivity index (χ1) is 8.70. The molecule has 2 nitrogen and oxygen atoms in total. The van der Waals surface area contributed by atoms with Crippen molar-refractivity contribution in [2.75, 3.05) is 20.1 Å². The lowest BCUT2D eigenvalue weighted by molar-refractivity contribution is 0.139. The van der Waals surface area contributed by atoms with Crippen molar-refractivity contribution in [2.24, 2.45) is 0 Å². The molecule has 0 bridgehead atoms. The van der Waals surface area contributed by atoms with E-state index in [-0.39, 0.29) is 0 Å². The zero-order chi connectivity index (χ0) is 13.0. The summed E-state index contributed by atoms with van der Waals surface area (Å²) in [5.74, 6) is 0. The van der Waals surface area contributed by atoms with Crippen molar-refractivity contribution in [3.63, 3.8) is 0 Å². The Morgan fingerprint density at radius 3 is 2.89 bits per heavy atom. The number of rotatable bonds is 4. The van der Waals surface area contributed by atoms with Crippen LogP contribution >= 0.6 is 0 Å². The van der Waals surface area contributed by atoms with E-state index in [2.05, 4.69) is 49.3 Å². The second-order valence-corrected chi connectivity index (χ2v) is 5.61. The maximum Gasteiger partial charge on any atom is 0.0239 e. The van der Waals surface area contributed by atoms with Gasteiger partial charge in [-0.25, -0.2) is 0 Å². The normalized spacial score (nSPS) is 21.2. The number of hydrogen-bond acceptors (Lipinski definition) is 2. The zero-order valence-electron chi connectivity index (χ0n) is 12.0. The molecule has 0 saturated carbocycles. The van der Waals surface area contributed by atoms with Crippen LogP contribution in [0.5, 0.6) is 0 Å². The van der Waals surface area contributed by atoms with Crippen LogP contribution in [0.4, 0.5) is 0 Å². The van der Waals surface area contributed by atoms with Crippen molar-refractivity contribution in [3.05, 3.63) is 34.9 Å². The van der Waals surface area contributed by atoms with Crippen molar-refractivity contribution in [1.29, 1.82) is 0 Å². The largest absolute Gasteiger partial charge is 0.318 e. The quantitative estimate of drug-likeness (QED) is 0.879. The predicted octanol–water partition coefficient (Wildman–Crippen LogP) is 2.88. The third-order valence-corrected chi connectivity index (χ3v) is 4.07. The molecule has 0 aromatic heterocycles. The SMILES string of the molecule is CNCC1CCCCN1Cc1cc(C)ccc1C. The molecule has 0 amide bonds. The topological polar surface area (TPSA) is 15.3 Å². The van der Waals surface area contributed by atoms with Crippen LogP contribution in [0.25, 0.3) is 0 Å². The maximum atomic E-state index is 3.34. The van der Waals surface area contributed by atoms with Crippen LogP contribution in [0.1, 0.15) is 36.0 Å². The first-order valence-corrected chi connectivity index (χ1v) is 7.15. The molecule has 0 aliphatic carbocycles. The van der Waals surface area contributed by atoms with Gasteiger partial charge >= 0.3 is 0 Å². The van der Waals surface area contributed by atoms with Crippen LogP contribution in [-0.2, 0) is 6.54 Å². The van der Waals surface area contributed by atoms with Gasteiger partial charge in [0.05, 0.1) is 0 Å². The summed E-state index contributed by atoms with van der Waals surface area (Å²) in [5, 5.41) is 3.34. The Balaban J connectivity index is 2.08. The lowest BCUT2D eigenvalue weighted by atomic mass is 9.99. The Morgan fingerprint density at radius 2 is 2.11 bits per heavy atom. The summed E-state index contributed by atoms with van der Waals surface area (Å²) in [4.78, 5) is 2.65. The minimum Gasteiger partial charge on any atom is -0.318 e. The van der Waals surface area contributed by atoms with E-state index in [1.807, 2.05) is 0 Å². The molecule has 1 aliphatic heterocycles. The second-order valence-electron chi connectivity index (χ2n) is 5.61. The van der Waals surface area contributed by atoms with Crippen molar-refractivity contribution in [1.82, 2.24) is 10.2 Å². The van der Waals surface area contributed by atoms with Crippen LogP contribution < -0.4 is 5.32 Å². The number of hydrogen-bond donors (Lipinski definition) is 1. The van der Waals surface area contributed by atoms with Crippen LogP contribution in [0.3, 0.4) is 0 Å². The maximum absolute atomic E-state index is 3.34. The summed E-state index contributed by atoms with van der Waals surface area (Å²) in [5.41, 5.74) is 4.30. The van der Waals surface area contributed by atoms with Gasteiger partial charge in [0, 0.05) is 19.1 Å². The molecule has 0 spiro atoms. The second kappa shape index (κ2) is 6.35. The van der Waals surface area contributed by atoms with E-state index in [1.165, 1.54) is 42.5 Å². The number of piperidine rings is 1. The van der Waals surface area contributed by atoms with Crippen LogP contribution in [0, 0.1) is 13.8 Å². The summed E-state index contributed by atoms with van der Waals surface area (Å²) >= 11 is 0. The number of likely N-dealkylation sites (N-methyl/N-ethyl adjacent to an activating group) is 1. The van der Waals surface area contributed by atoms with Gasteiger partial charge < -0.3 is 5.32 Å². The van der Waals surface area contributed by atoms with Gasteiger partial charge in [0.1, 0.15) is 0 Å². The first-order valence-electron chi connectivity index (χ1n) is 7.15. The standard InChI is InChI=1S/C16H26N2/c1-13-7-8-14(2)15(10-13)12-18-9-5-4-6-16(18)11-17-3/h7-8,10,16-17H,4-6,9,11-12H2,1-3H3. The zero-order valence-corrected chi connectivity index (χ0v) is 12.0.